The fraction of sp³-hybridized carbons (Fsp3) is 0.588. The number of amides is 4. The first-order valence-electron chi connectivity index (χ1n) is 16.4. The Balaban J connectivity index is 1.74. The summed E-state index contributed by atoms with van der Waals surface area (Å²) in [5, 5.41) is 8.94. The van der Waals surface area contributed by atoms with E-state index in [0.29, 0.717) is 62.4 Å². The van der Waals surface area contributed by atoms with E-state index >= 15 is 0 Å². The lowest BCUT2D eigenvalue weighted by Crippen LogP contribution is -2.63. The van der Waals surface area contributed by atoms with Crippen LogP contribution in [0.15, 0.2) is 35.3 Å². The quantitative estimate of drug-likeness (QED) is 0.348. The maximum atomic E-state index is 14.1. The summed E-state index contributed by atoms with van der Waals surface area (Å²) in [5.41, 5.74) is 0.329. The number of hydrogen-bond acceptors (Lipinski definition) is 6. The Morgan fingerprint density at radius 3 is 2.42 bits per heavy atom. The standard InChI is InChI=1S/C34H47N5O6/c1-5-21(3)28-34(45)39-19-13-12-18-27(39)32(43)35-25(16-9-7-8-14-22(40)6-2)31(42)37-29(33(44)36-28)24-20-38(4)26-17-11-10-15-23(26)30(24)41/h10-11,15,17,20-21,25,27-29H,5-9,12-14,16,18-19H2,1-4H3,(H,35,43)(H,36,44)(H,37,42)/t21-,25-,27+,28?,29+/m0/s1. The van der Waals surface area contributed by atoms with Gasteiger partial charge >= 0.3 is 0 Å². The number of nitrogens with one attached hydrogen (secondary N) is 3. The predicted octanol–water partition coefficient (Wildman–Crippen LogP) is 3.04. The SMILES string of the molecule is CCC(=O)CCCCC[C@@H]1NC(=O)[C@H]2CCCCN2C(=O)C([C@@H](C)CC)NC(=O)[C@@H](c2cn(C)c3ccccc3c2=O)NC1=O. The maximum Gasteiger partial charge on any atom is 0.248 e. The molecule has 1 aromatic heterocycles. The van der Waals surface area contributed by atoms with E-state index in [-0.39, 0.29) is 29.6 Å². The van der Waals surface area contributed by atoms with Gasteiger partial charge < -0.3 is 25.4 Å². The van der Waals surface area contributed by atoms with Crippen LogP contribution in [0.25, 0.3) is 10.9 Å². The molecule has 11 heteroatoms. The van der Waals surface area contributed by atoms with Gasteiger partial charge in [0.15, 0.2) is 5.43 Å². The number of carbonyl (C=O) groups is 5. The number of hydrogen-bond donors (Lipinski definition) is 3. The number of carbonyl (C=O) groups excluding carboxylic acids is 5. The van der Waals surface area contributed by atoms with Gasteiger partial charge in [0.05, 0.1) is 5.52 Å². The van der Waals surface area contributed by atoms with Gasteiger partial charge in [0.1, 0.15) is 30.0 Å². The number of aromatic nitrogens is 1. The highest BCUT2D eigenvalue weighted by Gasteiger charge is 2.41. The van der Waals surface area contributed by atoms with Crippen LogP contribution in [0.1, 0.15) is 96.6 Å². The van der Waals surface area contributed by atoms with Crippen molar-refractivity contribution in [3.8, 4) is 0 Å². The van der Waals surface area contributed by atoms with Gasteiger partial charge in [-0.3, -0.25) is 28.8 Å². The lowest BCUT2D eigenvalue weighted by molar-refractivity contribution is -0.147. The van der Waals surface area contributed by atoms with E-state index in [0.717, 1.165) is 12.8 Å². The van der Waals surface area contributed by atoms with E-state index in [1.54, 1.807) is 40.9 Å². The van der Waals surface area contributed by atoms with Crippen LogP contribution < -0.4 is 21.4 Å². The van der Waals surface area contributed by atoms with E-state index < -0.39 is 47.3 Å². The zero-order valence-electron chi connectivity index (χ0n) is 26.9. The molecule has 4 rings (SSSR count). The third kappa shape index (κ3) is 7.80. The number of para-hydroxylation sites is 1. The molecule has 2 saturated heterocycles. The summed E-state index contributed by atoms with van der Waals surface area (Å²) in [4.78, 5) is 82.9. The van der Waals surface area contributed by atoms with Gasteiger partial charge in [0.25, 0.3) is 0 Å². The molecule has 2 aliphatic rings. The minimum absolute atomic E-state index is 0.0634. The van der Waals surface area contributed by atoms with E-state index in [4.69, 9.17) is 0 Å². The van der Waals surface area contributed by atoms with E-state index in [9.17, 15) is 28.8 Å². The number of benzene rings is 1. The Morgan fingerprint density at radius 2 is 1.69 bits per heavy atom. The summed E-state index contributed by atoms with van der Waals surface area (Å²) in [5.74, 6) is -2.08. The average Bonchev–Trinajstić information content (AvgIpc) is 3.05. The third-order valence-electron chi connectivity index (χ3n) is 9.32. The first kappa shape index (κ1) is 33.9. The number of aryl methyl sites for hydroxylation is 1. The molecule has 2 aromatic rings. The van der Waals surface area contributed by atoms with Crippen LogP contribution in [-0.2, 0) is 31.0 Å². The second-order valence-electron chi connectivity index (χ2n) is 12.5. The summed E-state index contributed by atoms with van der Waals surface area (Å²) in [6.45, 7) is 5.98. The summed E-state index contributed by atoms with van der Waals surface area (Å²) >= 11 is 0. The fourth-order valence-electron chi connectivity index (χ4n) is 6.33. The first-order chi connectivity index (χ1) is 21.6. The van der Waals surface area contributed by atoms with Gasteiger partial charge in [-0.25, -0.2) is 0 Å². The molecule has 0 radical (unpaired) electrons. The van der Waals surface area contributed by atoms with Crippen LogP contribution >= 0.6 is 0 Å². The van der Waals surface area contributed by atoms with Crippen LogP contribution in [0.4, 0.5) is 0 Å². The highest BCUT2D eigenvalue weighted by Crippen LogP contribution is 2.24. The highest BCUT2D eigenvalue weighted by atomic mass is 16.2. The number of nitrogens with zero attached hydrogens (tertiary/aromatic N) is 2. The molecule has 1 aromatic carbocycles. The molecular weight excluding hydrogens is 574 g/mol. The van der Waals surface area contributed by atoms with E-state index in [2.05, 4.69) is 16.0 Å². The van der Waals surface area contributed by atoms with E-state index in [1.165, 1.54) is 0 Å². The van der Waals surface area contributed by atoms with Crippen molar-refractivity contribution in [2.24, 2.45) is 13.0 Å². The molecule has 3 N–H and O–H groups in total. The molecule has 45 heavy (non-hydrogen) atoms. The Morgan fingerprint density at radius 1 is 0.933 bits per heavy atom. The number of Topliss-reactive ketones (excluding diaryl/α,β-unsaturated/α-hetero) is 1. The molecule has 3 heterocycles. The predicted molar refractivity (Wildman–Crippen MR) is 171 cm³/mol. The first-order valence-corrected chi connectivity index (χ1v) is 16.4. The molecule has 0 saturated carbocycles. The van der Waals surface area contributed by atoms with Crippen LogP contribution in [0.5, 0.6) is 0 Å². The monoisotopic (exact) mass is 621 g/mol. The number of rotatable bonds is 10. The van der Waals surface area contributed by atoms with Crippen molar-refractivity contribution in [1.29, 1.82) is 0 Å². The molecule has 11 nitrogen and oxygen atoms in total. The van der Waals surface area contributed by atoms with Crippen molar-refractivity contribution in [2.45, 2.75) is 109 Å². The van der Waals surface area contributed by atoms with Crippen LogP contribution in [-0.4, -0.2) is 63.5 Å². The van der Waals surface area contributed by atoms with Gasteiger partial charge in [0.2, 0.25) is 23.6 Å². The van der Waals surface area contributed by atoms with Crippen molar-refractivity contribution in [3.05, 3.63) is 46.2 Å². The number of pyridine rings is 1. The zero-order valence-corrected chi connectivity index (χ0v) is 26.9. The van der Waals surface area contributed by atoms with Gasteiger partial charge in [-0.15, -0.1) is 0 Å². The van der Waals surface area contributed by atoms with Crippen molar-refractivity contribution >= 4 is 40.3 Å². The Labute approximate surface area is 264 Å². The van der Waals surface area contributed by atoms with Crippen molar-refractivity contribution in [1.82, 2.24) is 25.4 Å². The van der Waals surface area contributed by atoms with Gasteiger partial charge in [0, 0.05) is 43.6 Å². The Hall–Kier alpha value is -4.02. The summed E-state index contributed by atoms with van der Waals surface area (Å²) in [6, 6.07) is 2.92. The topological polar surface area (TPSA) is 147 Å². The Bertz CT molecular complexity index is 1490. The molecule has 0 bridgehead atoms. The number of fused-ring (bicyclic) bond motifs is 2. The fourth-order valence-corrected chi connectivity index (χ4v) is 6.33. The van der Waals surface area contributed by atoms with Crippen LogP contribution in [0.3, 0.4) is 0 Å². The van der Waals surface area contributed by atoms with Gasteiger partial charge in [-0.05, 0) is 50.2 Å². The number of unbranched alkanes of at least 4 members (excludes halogenated alkanes) is 2. The minimum Gasteiger partial charge on any atom is -0.350 e. The molecule has 0 spiro atoms. The van der Waals surface area contributed by atoms with E-state index in [1.807, 2.05) is 26.8 Å². The average molecular weight is 622 g/mol. The van der Waals surface area contributed by atoms with Crippen molar-refractivity contribution in [3.63, 3.8) is 0 Å². The van der Waals surface area contributed by atoms with Crippen molar-refractivity contribution < 1.29 is 24.0 Å². The maximum absolute atomic E-state index is 14.1. The highest BCUT2D eigenvalue weighted by molar-refractivity contribution is 5.98. The number of piperidine rings is 1. The summed E-state index contributed by atoms with van der Waals surface area (Å²) < 4.78 is 1.73. The number of ketones is 1. The summed E-state index contributed by atoms with van der Waals surface area (Å²) in [6.07, 6.45) is 7.22. The lowest BCUT2D eigenvalue weighted by atomic mass is 9.93. The zero-order chi connectivity index (χ0) is 32.7. The third-order valence-corrected chi connectivity index (χ3v) is 9.32. The van der Waals surface area contributed by atoms with Gasteiger partial charge in [-0.1, -0.05) is 52.2 Å². The summed E-state index contributed by atoms with van der Waals surface area (Å²) in [7, 11) is 1.76. The lowest BCUT2D eigenvalue weighted by Gasteiger charge is -2.39. The van der Waals surface area contributed by atoms with Crippen LogP contribution in [0, 0.1) is 5.92 Å². The normalized spacial score (nSPS) is 23.7. The van der Waals surface area contributed by atoms with Crippen molar-refractivity contribution in [2.75, 3.05) is 6.54 Å². The van der Waals surface area contributed by atoms with Crippen LogP contribution in [0.2, 0.25) is 0 Å². The Kier molecular flexibility index (Phi) is 11.5. The second-order valence-corrected chi connectivity index (χ2v) is 12.5. The molecule has 2 fully saturated rings. The minimum atomic E-state index is -1.40. The molecule has 5 atom stereocenters. The molecule has 4 amide bonds. The van der Waals surface area contributed by atoms with Gasteiger partial charge in [-0.2, -0.15) is 0 Å². The molecule has 0 aliphatic carbocycles. The molecule has 244 valence electrons. The second kappa shape index (κ2) is 15.3. The molecule has 1 unspecified atom stereocenters. The smallest absolute Gasteiger partial charge is 0.248 e. The largest absolute Gasteiger partial charge is 0.350 e. The molecular formula is C34H47N5O6. The molecule has 2 aliphatic heterocycles.